The van der Waals surface area contributed by atoms with Gasteiger partial charge in [-0.05, 0) is 11.6 Å². The molecule has 1 heteroatoms. The van der Waals surface area contributed by atoms with Crippen molar-refractivity contribution in [1.29, 1.82) is 0 Å². The largest absolute Gasteiger partial charge is 0.507 e. The van der Waals surface area contributed by atoms with Gasteiger partial charge in [-0.1, -0.05) is 62.1 Å². The summed E-state index contributed by atoms with van der Waals surface area (Å²) in [5.74, 6) is 6.40. The molecule has 0 saturated carbocycles. The van der Waals surface area contributed by atoms with Gasteiger partial charge in [-0.25, -0.2) is 0 Å². The van der Waals surface area contributed by atoms with Gasteiger partial charge in [0.15, 0.2) is 0 Å². The molecule has 0 fully saturated rings. The summed E-state index contributed by atoms with van der Waals surface area (Å²) < 4.78 is 0. The van der Waals surface area contributed by atoms with Gasteiger partial charge < -0.3 is 5.11 Å². The number of allylic oxidation sites excluding steroid dienone is 3. The van der Waals surface area contributed by atoms with E-state index in [0.717, 1.165) is 0 Å². The number of hydrogen-bond donors (Lipinski definition) is 1. The molecule has 0 radical (unpaired) electrons. The Morgan fingerprint density at radius 2 is 1.88 bits per heavy atom. The van der Waals surface area contributed by atoms with Gasteiger partial charge in [-0.15, -0.1) is 0 Å². The van der Waals surface area contributed by atoms with Gasteiger partial charge in [0.25, 0.3) is 0 Å². The molecule has 2 rings (SSSR count). The molecule has 1 aliphatic rings. The van der Waals surface area contributed by atoms with Crippen molar-refractivity contribution in [2.45, 2.75) is 19.3 Å². The monoisotopic (exact) mass is 224 g/mol. The first-order chi connectivity index (χ1) is 8.10. The van der Waals surface area contributed by atoms with Crippen LogP contribution in [0.5, 0.6) is 0 Å². The van der Waals surface area contributed by atoms with Gasteiger partial charge >= 0.3 is 0 Å². The highest BCUT2D eigenvalue weighted by Gasteiger charge is 2.28. The highest BCUT2D eigenvalue weighted by atomic mass is 16.3. The molecule has 0 amide bonds. The molecule has 1 unspecified atom stereocenters. The SMILES string of the molecule is CC(C)(c1ccccc1)C1C#CC=C(O)C=C1. The summed E-state index contributed by atoms with van der Waals surface area (Å²) in [4.78, 5) is 0. The number of aliphatic hydroxyl groups excluding tert-OH is 1. The van der Waals surface area contributed by atoms with Crippen LogP contribution in [-0.2, 0) is 5.41 Å². The second-order valence-electron chi connectivity index (χ2n) is 4.78. The zero-order chi connectivity index (χ0) is 12.3. The molecule has 1 aromatic rings. The highest BCUT2D eigenvalue weighted by Crippen LogP contribution is 2.32. The van der Waals surface area contributed by atoms with E-state index in [9.17, 15) is 5.11 Å². The van der Waals surface area contributed by atoms with E-state index in [1.807, 2.05) is 24.3 Å². The molecular weight excluding hydrogens is 208 g/mol. The van der Waals surface area contributed by atoms with E-state index in [1.54, 1.807) is 6.08 Å². The van der Waals surface area contributed by atoms with Crippen LogP contribution in [0.1, 0.15) is 19.4 Å². The highest BCUT2D eigenvalue weighted by molar-refractivity contribution is 5.37. The number of aliphatic hydroxyl groups is 1. The van der Waals surface area contributed by atoms with Crippen molar-refractivity contribution in [3.05, 3.63) is 59.9 Å². The number of rotatable bonds is 2. The normalized spacial score (nSPS) is 18.9. The van der Waals surface area contributed by atoms with Crippen molar-refractivity contribution >= 4 is 0 Å². The van der Waals surface area contributed by atoms with Crippen molar-refractivity contribution in [2.75, 3.05) is 0 Å². The summed E-state index contributed by atoms with van der Waals surface area (Å²) in [6.07, 6.45) is 5.22. The summed E-state index contributed by atoms with van der Waals surface area (Å²) in [5, 5.41) is 9.42. The minimum absolute atomic E-state index is 0.0662. The summed E-state index contributed by atoms with van der Waals surface area (Å²) in [5.41, 5.74) is 1.19. The van der Waals surface area contributed by atoms with E-state index in [0.29, 0.717) is 0 Å². The molecule has 1 aromatic carbocycles. The Hall–Kier alpha value is -1.94. The number of hydrogen-bond acceptors (Lipinski definition) is 1. The summed E-state index contributed by atoms with van der Waals surface area (Å²) >= 11 is 0. The van der Waals surface area contributed by atoms with Crippen molar-refractivity contribution in [3.8, 4) is 11.8 Å². The van der Waals surface area contributed by atoms with Gasteiger partial charge in [0.05, 0.1) is 0 Å². The van der Waals surface area contributed by atoms with Crippen LogP contribution in [0.15, 0.2) is 54.3 Å². The standard InChI is InChI=1S/C16H16O/c1-16(2,13-7-4-3-5-8-13)14-9-6-10-15(17)12-11-14/h3-5,7-8,10-12,14,17H,1-2H3. The van der Waals surface area contributed by atoms with Crippen LogP contribution >= 0.6 is 0 Å². The molecule has 0 bridgehead atoms. The predicted molar refractivity (Wildman–Crippen MR) is 70.6 cm³/mol. The Morgan fingerprint density at radius 3 is 2.59 bits per heavy atom. The smallest absolute Gasteiger partial charge is 0.123 e. The van der Waals surface area contributed by atoms with Gasteiger partial charge in [0, 0.05) is 17.4 Å². The van der Waals surface area contributed by atoms with E-state index >= 15 is 0 Å². The minimum atomic E-state index is -0.0662. The lowest BCUT2D eigenvalue weighted by atomic mass is 9.73. The fraction of sp³-hybridized carbons (Fsp3) is 0.250. The van der Waals surface area contributed by atoms with Crippen LogP contribution in [0.3, 0.4) is 0 Å². The van der Waals surface area contributed by atoms with Crippen LogP contribution in [0, 0.1) is 17.8 Å². The summed E-state index contributed by atoms with van der Waals surface area (Å²) in [6.45, 7) is 4.35. The predicted octanol–water partition coefficient (Wildman–Crippen LogP) is 3.60. The Morgan fingerprint density at radius 1 is 1.18 bits per heavy atom. The third-order valence-electron chi connectivity index (χ3n) is 3.21. The molecule has 0 spiro atoms. The van der Waals surface area contributed by atoms with E-state index < -0.39 is 0 Å². The second-order valence-corrected chi connectivity index (χ2v) is 4.78. The maximum atomic E-state index is 9.42. The lowest BCUT2D eigenvalue weighted by molar-refractivity contribution is 0.428. The van der Waals surface area contributed by atoms with E-state index in [-0.39, 0.29) is 17.1 Å². The quantitative estimate of drug-likeness (QED) is 0.761. The van der Waals surface area contributed by atoms with Gasteiger partial charge in [0.1, 0.15) is 5.76 Å². The zero-order valence-electron chi connectivity index (χ0n) is 10.1. The van der Waals surface area contributed by atoms with Gasteiger partial charge in [-0.3, -0.25) is 0 Å². The maximum absolute atomic E-state index is 9.42. The maximum Gasteiger partial charge on any atom is 0.123 e. The van der Waals surface area contributed by atoms with Gasteiger partial charge in [0.2, 0.25) is 0 Å². The van der Waals surface area contributed by atoms with Crippen LogP contribution in [0.4, 0.5) is 0 Å². The van der Waals surface area contributed by atoms with Crippen molar-refractivity contribution in [1.82, 2.24) is 0 Å². The molecule has 0 aliphatic heterocycles. The molecule has 17 heavy (non-hydrogen) atoms. The van der Waals surface area contributed by atoms with Crippen LogP contribution < -0.4 is 0 Å². The Bertz CT molecular complexity index is 509. The minimum Gasteiger partial charge on any atom is -0.507 e. The molecule has 1 nitrogen and oxygen atoms in total. The first-order valence-electron chi connectivity index (χ1n) is 5.74. The van der Waals surface area contributed by atoms with Crippen molar-refractivity contribution < 1.29 is 5.11 Å². The molecule has 1 N–H and O–H groups in total. The summed E-state index contributed by atoms with van der Waals surface area (Å²) in [7, 11) is 0. The molecule has 0 saturated heterocycles. The average molecular weight is 224 g/mol. The van der Waals surface area contributed by atoms with Crippen molar-refractivity contribution in [2.24, 2.45) is 5.92 Å². The fourth-order valence-electron chi connectivity index (χ4n) is 1.96. The molecule has 0 heterocycles. The lowest BCUT2D eigenvalue weighted by Gasteiger charge is -2.29. The third kappa shape index (κ3) is 2.42. The van der Waals surface area contributed by atoms with Gasteiger partial charge in [-0.2, -0.15) is 0 Å². The zero-order valence-corrected chi connectivity index (χ0v) is 10.1. The summed E-state index contributed by atoms with van der Waals surface area (Å²) in [6, 6.07) is 10.3. The van der Waals surface area contributed by atoms with Crippen LogP contribution in [0.2, 0.25) is 0 Å². The Labute approximate surface area is 102 Å². The van der Waals surface area contributed by atoms with E-state index in [4.69, 9.17) is 0 Å². The molecule has 1 aliphatic carbocycles. The third-order valence-corrected chi connectivity index (χ3v) is 3.21. The van der Waals surface area contributed by atoms with E-state index in [2.05, 4.69) is 37.8 Å². The molecule has 0 aromatic heterocycles. The average Bonchev–Trinajstić information content (AvgIpc) is 2.55. The first-order valence-corrected chi connectivity index (χ1v) is 5.74. The topological polar surface area (TPSA) is 20.2 Å². The van der Waals surface area contributed by atoms with Crippen LogP contribution in [0.25, 0.3) is 0 Å². The van der Waals surface area contributed by atoms with Crippen LogP contribution in [-0.4, -0.2) is 5.11 Å². The second kappa shape index (κ2) is 4.51. The molecule has 86 valence electrons. The lowest BCUT2D eigenvalue weighted by Crippen LogP contribution is -2.26. The Balaban J connectivity index is 2.34. The first kappa shape index (κ1) is 11.5. The molecule has 1 atom stereocenters. The molecular formula is C16H16O. The fourth-order valence-corrected chi connectivity index (χ4v) is 1.96. The Kier molecular flexibility index (Phi) is 3.06. The number of benzene rings is 1. The van der Waals surface area contributed by atoms with E-state index in [1.165, 1.54) is 11.6 Å². The van der Waals surface area contributed by atoms with Crippen molar-refractivity contribution in [3.63, 3.8) is 0 Å².